The lowest BCUT2D eigenvalue weighted by molar-refractivity contribution is 0.308. The summed E-state index contributed by atoms with van der Waals surface area (Å²) in [6.07, 6.45) is 35.0. The van der Waals surface area contributed by atoms with Gasteiger partial charge in [0.15, 0.2) is 0 Å². The molecule has 0 unspecified atom stereocenters. The Hall–Kier alpha value is -8.43. The van der Waals surface area contributed by atoms with Crippen molar-refractivity contribution in [1.29, 1.82) is 0 Å². The standard InChI is InChI=1S/C50H54O2.C20H12Br2O2.C15H22BO2.C15H21P.CH4/c1-3-9-33-15-19-35(20-16-33)37-23-27-39(28-24-37)45-31-41-11-5-7-13-43(41)47(49(45)51)48-44-14-8-6-12-42(44)32-46(50(48)52)40-29-25-38(26-30-40)36-21-17-34(10-4-2)18-22-36;21-15-9-11-5-1-3-7-13(11)17(19(15)23)18-14-8-4-2-6-12(14)10-16(22)20(18)24;1-2-3-12-4-6-13(7-5-12)14-8-10-15(11-9-14)18-16-17;1-4-6-12-16(13-7-5-2)15-11-9-8-10-14(15)3;/h5-8,11-14,23-36,51-52H,3-4,9-10,15-22H2,1-2H3;1-10,23-24H;8-13,17H,2-7H2,1H3;4-11H,12-13H2,1-3H3;1H4/b;;;6-4-,7-5-;. The number of fused-ring (bicyclic) bond motifs is 4. The van der Waals surface area contributed by atoms with Crippen LogP contribution in [0.4, 0.5) is 0 Å². The Bertz CT molecular complexity index is 4810. The summed E-state index contributed by atoms with van der Waals surface area (Å²) in [7, 11) is 0.665. The zero-order chi connectivity index (χ0) is 77.0. The molecule has 15 rings (SSSR count). The molecule has 0 saturated heterocycles. The summed E-state index contributed by atoms with van der Waals surface area (Å²) < 4.78 is 6.12. The Morgan fingerprint density at radius 1 is 0.396 bits per heavy atom. The fourth-order valence-corrected chi connectivity index (χ4v) is 20.9. The van der Waals surface area contributed by atoms with E-state index in [1.807, 2.05) is 84.9 Å². The van der Waals surface area contributed by atoms with E-state index < -0.39 is 0 Å². The first-order chi connectivity index (χ1) is 53.7. The molecule has 12 aromatic carbocycles. The molecule has 0 aliphatic heterocycles. The SMILES string of the molecule is C.C/C=C\CP(C/C=C\C)c1ccccc1C.CCCC1CCC(c2ccc(-c3cc4ccccc4c(-c4c(O)c(-c5ccc(C6CCC(CCC)CC6)cc5)cc5ccccc45)c3O)cc2)CC1.CCCC1CCC(c2ccc(O[B]O)cc2)CC1.Oc1c(Br)cc2ccccc2c1-c1c(O)c(Br)cc2ccccc12. The van der Waals surface area contributed by atoms with Crippen LogP contribution in [0.5, 0.6) is 28.7 Å². The predicted molar refractivity (Wildman–Crippen MR) is 484 cm³/mol. The summed E-state index contributed by atoms with van der Waals surface area (Å²) in [5, 5.41) is 64.0. The minimum Gasteiger partial charge on any atom is -0.537 e. The molecule has 1 radical (unpaired) electrons. The van der Waals surface area contributed by atoms with Crippen LogP contribution in [-0.4, -0.2) is 45.5 Å². The molecule has 10 heteroatoms. The van der Waals surface area contributed by atoms with Gasteiger partial charge in [-0.05, 0) is 296 Å². The number of aromatic hydroxyl groups is 4. The average molecular weight is 1620 g/mol. The maximum Gasteiger partial charge on any atom is 0.569 e. The number of phenols is 4. The molecule has 0 bridgehead atoms. The van der Waals surface area contributed by atoms with Crippen LogP contribution in [-0.2, 0) is 0 Å². The number of hydrogen-bond acceptors (Lipinski definition) is 6. The second-order valence-corrected chi connectivity index (χ2v) is 34.7. The van der Waals surface area contributed by atoms with Gasteiger partial charge in [0, 0.05) is 33.4 Å². The Morgan fingerprint density at radius 2 is 0.703 bits per heavy atom. The number of rotatable bonds is 20. The van der Waals surface area contributed by atoms with Crippen molar-refractivity contribution in [2.45, 2.75) is 182 Å². The first kappa shape index (κ1) is 83.5. The molecule has 575 valence electrons. The third-order valence-electron chi connectivity index (χ3n) is 23.6. The summed E-state index contributed by atoms with van der Waals surface area (Å²) in [5.74, 6) is 6.02. The van der Waals surface area contributed by atoms with Gasteiger partial charge in [0.05, 0.1) is 14.7 Å². The van der Waals surface area contributed by atoms with Crippen LogP contribution in [0.25, 0.3) is 87.6 Å². The summed E-state index contributed by atoms with van der Waals surface area (Å²) in [6, 6.07) is 74.9. The lowest BCUT2D eigenvalue weighted by Crippen LogP contribution is -2.13. The fourth-order valence-electron chi connectivity index (χ4n) is 17.7. The lowest BCUT2D eigenvalue weighted by Gasteiger charge is -2.28. The Labute approximate surface area is 680 Å². The van der Waals surface area contributed by atoms with E-state index in [9.17, 15) is 20.4 Å². The van der Waals surface area contributed by atoms with Crippen molar-refractivity contribution >= 4 is 95.9 Å². The van der Waals surface area contributed by atoms with Gasteiger partial charge in [-0.25, -0.2) is 0 Å². The molecule has 3 aliphatic carbocycles. The first-order valence-electron chi connectivity index (χ1n) is 40.5. The van der Waals surface area contributed by atoms with E-state index in [2.05, 4.69) is 231 Å². The van der Waals surface area contributed by atoms with E-state index >= 15 is 0 Å². The molecule has 0 spiro atoms. The van der Waals surface area contributed by atoms with Gasteiger partial charge in [-0.3, -0.25) is 0 Å². The number of aryl methyl sites for hydroxylation is 1. The maximum absolute atomic E-state index is 12.4. The van der Waals surface area contributed by atoms with Crippen molar-refractivity contribution in [2.24, 2.45) is 17.8 Å². The van der Waals surface area contributed by atoms with Crippen molar-refractivity contribution in [3.8, 4) is 73.3 Å². The van der Waals surface area contributed by atoms with E-state index in [-0.39, 0.29) is 38.3 Å². The lowest BCUT2D eigenvalue weighted by atomic mass is 9.77. The van der Waals surface area contributed by atoms with Crippen LogP contribution < -0.4 is 9.96 Å². The van der Waals surface area contributed by atoms with Crippen LogP contribution in [0, 0.1) is 24.7 Å². The number of benzene rings is 12. The van der Waals surface area contributed by atoms with Crippen LogP contribution in [0.1, 0.15) is 198 Å². The zero-order valence-electron chi connectivity index (χ0n) is 65.1. The molecule has 0 amide bonds. The van der Waals surface area contributed by atoms with Crippen molar-refractivity contribution in [2.75, 3.05) is 12.3 Å². The van der Waals surface area contributed by atoms with E-state index in [0.717, 1.165) is 90.8 Å². The fraction of sp³-hybridized carbons (Fsp3) is 0.327. The highest BCUT2D eigenvalue weighted by atomic mass is 79.9. The van der Waals surface area contributed by atoms with Gasteiger partial charge in [-0.1, -0.05) is 281 Å². The van der Waals surface area contributed by atoms with Crippen molar-refractivity contribution in [1.82, 2.24) is 0 Å². The summed E-state index contributed by atoms with van der Waals surface area (Å²) in [6.45, 7) is 13.3. The van der Waals surface area contributed by atoms with E-state index in [4.69, 9.17) is 9.68 Å². The second-order valence-electron chi connectivity index (χ2n) is 30.7. The van der Waals surface area contributed by atoms with Gasteiger partial charge in [-0.15, -0.1) is 0 Å². The third kappa shape index (κ3) is 20.3. The zero-order valence-corrected chi connectivity index (χ0v) is 69.2. The summed E-state index contributed by atoms with van der Waals surface area (Å²) in [4.78, 5) is 0. The van der Waals surface area contributed by atoms with Crippen LogP contribution in [0.2, 0.25) is 0 Å². The van der Waals surface area contributed by atoms with Gasteiger partial charge in [0.2, 0.25) is 0 Å². The number of allylic oxidation sites excluding steroid dienone is 4. The molecule has 12 aromatic rings. The molecule has 3 fully saturated rings. The van der Waals surface area contributed by atoms with Crippen molar-refractivity contribution in [3.63, 3.8) is 0 Å². The smallest absolute Gasteiger partial charge is 0.537 e. The van der Waals surface area contributed by atoms with Crippen molar-refractivity contribution in [3.05, 3.63) is 274 Å². The number of halogens is 2. The molecule has 0 atom stereocenters. The van der Waals surface area contributed by atoms with E-state index in [1.54, 1.807) is 5.30 Å². The van der Waals surface area contributed by atoms with E-state index in [1.165, 1.54) is 150 Å². The second kappa shape index (κ2) is 40.9. The van der Waals surface area contributed by atoms with Crippen molar-refractivity contribution < 1.29 is 30.1 Å². The minimum absolute atomic E-state index is 0. The van der Waals surface area contributed by atoms with Crippen LogP contribution in [0.15, 0.2) is 252 Å². The summed E-state index contributed by atoms with van der Waals surface area (Å²) in [5.41, 5.74) is 11.8. The normalized spacial score (nSPS) is 17.7. The highest BCUT2D eigenvalue weighted by molar-refractivity contribution is 9.11. The molecule has 6 nitrogen and oxygen atoms in total. The Kier molecular flexibility index (Phi) is 30.7. The summed E-state index contributed by atoms with van der Waals surface area (Å²) >= 11 is 6.86. The molecule has 5 N–H and O–H groups in total. The molecular weight excluding hydrogens is 1510 g/mol. The average Bonchev–Trinajstić information content (AvgIpc) is 0.691. The molecule has 3 aliphatic rings. The highest BCUT2D eigenvalue weighted by Gasteiger charge is 2.28. The third-order valence-corrected chi connectivity index (χ3v) is 27.3. The molecular formula is C101H113BBr2O6P. The van der Waals surface area contributed by atoms with Gasteiger partial charge < -0.3 is 30.1 Å². The maximum atomic E-state index is 12.4. The van der Waals surface area contributed by atoms with Crippen LogP contribution in [0.3, 0.4) is 0 Å². The highest BCUT2D eigenvalue weighted by Crippen LogP contribution is 2.54. The Balaban J connectivity index is 0.000000170. The molecule has 111 heavy (non-hydrogen) atoms. The Morgan fingerprint density at radius 3 is 1.03 bits per heavy atom. The number of phenolic OH excluding ortho intramolecular Hbond substituents is 4. The first-order valence-corrected chi connectivity index (χ1v) is 43.8. The monoisotopic (exact) mass is 1620 g/mol. The molecule has 0 aromatic heterocycles. The quantitative estimate of drug-likeness (QED) is 0.0295. The predicted octanol–water partition coefficient (Wildman–Crippen LogP) is 29.7. The van der Waals surface area contributed by atoms with Gasteiger partial charge in [-0.2, -0.15) is 0 Å². The van der Waals surface area contributed by atoms with Gasteiger partial charge in [0.25, 0.3) is 0 Å². The van der Waals surface area contributed by atoms with Crippen LogP contribution >= 0.6 is 39.8 Å². The molecule has 0 heterocycles. The minimum atomic E-state index is -0.0620. The van der Waals surface area contributed by atoms with Gasteiger partial charge in [0.1, 0.15) is 23.0 Å². The van der Waals surface area contributed by atoms with Gasteiger partial charge >= 0.3 is 7.69 Å². The topological polar surface area (TPSA) is 110 Å². The van der Waals surface area contributed by atoms with E-state index in [0.29, 0.717) is 54.7 Å². The number of hydrogen-bond donors (Lipinski definition) is 5. The molecule has 3 saturated carbocycles. The largest absolute Gasteiger partial charge is 0.569 e.